The summed E-state index contributed by atoms with van der Waals surface area (Å²) in [6, 6.07) is 6.87. The van der Waals surface area contributed by atoms with E-state index in [1.54, 1.807) is 31.2 Å². The van der Waals surface area contributed by atoms with Crippen LogP contribution in [-0.2, 0) is 4.74 Å². The van der Waals surface area contributed by atoms with Crippen molar-refractivity contribution >= 4 is 29.0 Å². The third-order valence-corrected chi connectivity index (χ3v) is 2.52. The summed E-state index contributed by atoms with van der Waals surface area (Å²) in [7, 11) is 0. The first kappa shape index (κ1) is 15.4. The van der Waals surface area contributed by atoms with Crippen molar-refractivity contribution < 1.29 is 14.6 Å². The van der Waals surface area contributed by atoms with E-state index in [4.69, 9.17) is 22.1 Å². The second kappa shape index (κ2) is 8.44. The number of esters is 1. The van der Waals surface area contributed by atoms with E-state index < -0.39 is 0 Å². The number of hydrogen-bond donors (Lipinski definition) is 3. The first-order valence-electron chi connectivity index (χ1n) is 6.10. The van der Waals surface area contributed by atoms with E-state index in [9.17, 15) is 4.79 Å². The molecule has 0 amide bonds. The fraction of sp³-hybridized carbons (Fsp3) is 0.385. The van der Waals surface area contributed by atoms with Crippen LogP contribution in [0.15, 0.2) is 24.3 Å². The standard InChI is InChI=1S/C13H18N2O3S/c1-2-18-12(17)10-4-6-11(7-5-10)15-13(19)14-8-3-9-16/h4-7,16H,2-3,8-9H2,1H3,(H2,14,15,19). The molecule has 1 rings (SSSR count). The van der Waals surface area contributed by atoms with E-state index in [1.807, 2.05) is 0 Å². The molecule has 0 radical (unpaired) electrons. The highest BCUT2D eigenvalue weighted by atomic mass is 32.1. The van der Waals surface area contributed by atoms with E-state index in [-0.39, 0.29) is 12.6 Å². The van der Waals surface area contributed by atoms with Gasteiger partial charge in [-0.3, -0.25) is 0 Å². The molecule has 1 aromatic rings. The van der Waals surface area contributed by atoms with Crippen LogP contribution in [-0.4, -0.2) is 35.9 Å². The first-order chi connectivity index (χ1) is 9.17. The van der Waals surface area contributed by atoms with E-state index in [0.717, 1.165) is 5.69 Å². The molecule has 104 valence electrons. The molecule has 0 unspecified atom stereocenters. The number of carbonyl (C=O) groups excluding carboxylic acids is 1. The predicted molar refractivity (Wildman–Crippen MR) is 78.3 cm³/mol. The Morgan fingerprint density at radius 3 is 2.63 bits per heavy atom. The molecule has 0 spiro atoms. The zero-order valence-corrected chi connectivity index (χ0v) is 11.6. The summed E-state index contributed by atoms with van der Waals surface area (Å²) < 4.78 is 4.89. The SMILES string of the molecule is CCOC(=O)c1ccc(NC(=S)NCCCO)cc1. The summed E-state index contributed by atoms with van der Waals surface area (Å²) in [6.07, 6.45) is 0.642. The van der Waals surface area contributed by atoms with Crippen LogP contribution < -0.4 is 10.6 Å². The molecule has 0 atom stereocenters. The van der Waals surface area contributed by atoms with E-state index in [0.29, 0.717) is 30.2 Å². The van der Waals surface area contributed by atoms with Gasteiger partial charge in [0.1, 0.15) is 0 Å². The highest BCUT2D eigenvalue weighted by Gasteiger charge is 2.05. The first-order valence-corrected chi connectivity index (χ1v) is 6.51. The van der Waals surface area contributed by atoms with Crippen LogP contribution >= 0.6 is 12.2 Å². The molecule has 0 saturated heterocycles. The topological polar surface area (TPSA) is 70.6 Å². The lowest BCUT2D eigenvalue weighted by atomic mass is 10.2. The van der Waals surface area contributed by atoms with Crippen LogP contribution in [0, 0.1) is 0 Å². The molecular formula is C13H18N2O3S. The van der Waals surface area contributed by atoms with Crippen LogP contribution in [0.2, 0.25) is 0 Å². The second-order valence-corrected chi connectivity index (χ2v) is 4.16. The van der Waals surface area contributed by atoms with Crippen LogP contribution in [0.1, 0.15) is 23.7 Å². The van der Waals surface area contributed by atoms with Gasteiger partial charge in [-0.2, -0.15) is 0 Å². The minimum Gasteiger partial charge on any atom is -0.462 e. The normalized spacial score (nSPS) is 9.79. The number of benzene rings is 1. The number of nitrogens with one attached hydrogen (secondary N) is 2. The van der Waals surface area contributed by atoms with Crippen molar-refractivity contribution in [1.29, 1.82) is 0 Å². The molecule has 0 fully saturated rings. The van der Waals surface area contributed by atoms with Gasteiger partial charge in [-0.15, -0.1) is 0 Å². The molecule has 6 heteroatoms. The Bertz CT molecular complexity index is 420. The average Bonchev–Trinajstić information content (AvgIpc) is 2.40. The van der Waals surface area contributed by atoms with Gasteiger partial charge in [0.15, 0.2) is 5.11 Å². The maximum Gasteiger partial charge on any atom is 0.338 e. The summed E-state index contributed by atoms with van der Waals surface area (Å²) in [4.78, 5) is 11.4. The van der Waals surface area contributed by atoms with Crippen molar-refractivity contribution in [2.24, 2.45) is 0 Å². The van der Waals surface area contributed by atoms with Gasteiger partial charge in [0.25, 0.3) is 0 Å². The average molecular weight is 282 g/mol. The molecule has 0 aliphatic heterocycles. The lowest BCUT2D eigenvalue weighted by molar-refractivity contribution is 0.0526. The lowest BCUT2D eigenvalue weighted by Gasteiger charge is -2.10. The van der Waals surface area contributed by atoms with Gasteiger partial charge in [0.05, 0.1) is 12.2 Å². The fourth-order valence-electron chi connectivity index (χ4n) is 1.36. The molecule has 3 N–H and O–H groups in total. The number of carbonyl (C=O) groups is 1. The number of thiocarbonyl (C=S) groups is 1. The van der Waals surface area contributed by atoms with Crippen molar-refractivity contribution in [2.45, 2.75) is 13.3 Å². The summed E-state index contributed by atoms with van der Waals surface area (Å²) >= 11 is 5.08. The number of aliphatic hydroxyl groups excluding tert-OH is 1. The molecule has 0 bridgehead atoms. The minimum absolute atomic E-state index is 0.129. The molecule has 0 saturated carbocycles. The maximum absolute atomic E-state index is 11.4. The zero-order chi connectivity index (χ0) is 14.1. The van der Waals surface area contributed by atoms with Crippen molar-refractivity contribution in [2.75, 3.05) is 25.1 Å². The van der Waals surface area contributed by atoms with E-state index >= 15 is 0 Å². The van der Waals surface area contributed by atoms with Gasteiger partial charge in [-0.25, -0.2) is 4.79 Å². The van der Waals surface area contributed by atoms with Crippen LogP contribution in [0.3, 0.4) is 0 Å². The Labute approximate surface area is 118 Å². The predicted octanol–water partition coefficient (Wildman–Crippen LogP) is 1.53. The Morgan fingerprint density at radius 2 is 2.05 bits per heavy atom. The van der Waals surface area contributed by atoms with Crippen molar-refractivity contribution in [3.63, 3.8) is 0 Å². The van der Waals surface area contributed by atoms with Crippen molar-refractivity contribution in [3.8, 4) is 0 Å². The largest absolute Gasteiger partial charge is 0.462 e. The number of aliphatic hydroxyl groups is 1. The Kier molecular flexibility index (Phi) is 6.84. The molecule has 0 heterocycles. The summed E-state index contributed by atoms with van der Waals surface area (Å²) in [5.41, 5.74) is 1.29. The quantitative estimate of drug-likeness (QED) is 0.417. The smallest absolute Gasteiger partial charge is 0.338 e. The Morgan fingerprint density at radius 1 is 1.37 bits per heavy atom. The van der Waals surface area contributed by atoms with Gasteiger partial charge in [-0.05, 0) is 49.8 Å². The molecule has 1 aromatic carbocycles. The van der Waals surface area contributed by atoms with Gasteiger partial charge in [0, 0.05) is 18.8 Å². The summed E-state index contributed by atoms with van der Waals surface area (Å²) in [6.45, 7) is 2.87. The minimum atomic E-state index is -0.335. The zero-order valence-electron chi connectivity index (χ0n) is 10.8. The van der Waals surface area contributed by atoms with Crippen LogP contribution in [0.4, 0.5) is 5.69 Å². The maximum atomic E-state index is 11.4. The van der Waals surface area contributed by atoms with E-state index in [2.05, 4.69) is 10.6 Å². The summed E-state index contributed by atoms with van der Waals surface area (Å²) in [5.74, 6) is -0.335. The van der Waals surface area contributed by atoms with Gasteiger partial charge >= 0.3 is 5.97 Å². The van der Waals surface area contributed by atoms with Crippen LogP contribution in [0.5, 0.6) is 0 Å². The van der Waals surface area contributed by atoms with Gasteiger partial charge in [0.2, 0.25) is 0 Å². The number of anilines is 1. The lowest BCUT2D eigenvalue weighted by Crippen LogP contribution is -2.29. The second-order valence-electron chi connectivity index (χ2n) is 3.76. The molecule has 5 nitrogen and oxygen atoms in total. The highest BCUT2D eigenvalue weighted by molar-refractivity contribution is 7.80. The number of hydrogen-bond acceptors (Lipinski definition) is 4. The summed E-state index contributed by atoms with van der Waals surface area (Å²) in [5, 5.41) is 15.1. The Balaban J connectivity index is 2.47. The van der Waals surface area contributed by atoms with Gasteiger partial charge < -0.3 is 20.5 Å². The molecular weight excluding hydrogens is 264 g/mol. The number of rotatable bonds is 6. The molecule has 19 heavy (non-hydrogen) atoms. The van der Waals surface area contributed by atoms with Crippen molar-refractivity contribution in [1.82, 2.24) is 5.32 Å². The third-order valence-electron chi connectivity index (χ3n) is 2.27. The highest BCUT2D eigenvalue weighted by Crippen LogP contribution is 2.10. The fourth-order valence-corrected chi connectivity index (χ4v) is 1.58. The van der Waals surface area contributed by atoms with Crippen molar-refractivity contribution in [3.05, 3.63) is 29.8 Å². The molecule has 0 aromatic heterocycles. The number of ether oxygens (including phenoxy) is 1. The van der Waals surface area contributed by atoms with Crippen LogP contribution in [0.25, 0.3) is 0 Å². The third kappa shape index (κ3) is 5.67. The van der Waals surface area contributed by atoms with Gasteiger partial charge in [-0.1, -0.05) is 0 Å². The molecule has 0 aliphatic rings. The Hall–Kier alpha value is -1.66. The monoisotopic (exact) mass is 282 g/mol. The molecule has 0 aliphatic carbocycles. The van der Waals surface area contributed by atoms with E-state index in [1.165, 1.54) is 0 Å².